The van der Waals surface area contributed by atoms with E-state index in [1.54, 1.807) is 26.0 Å². The fourth-order valence-electron chi connectivity index (χ4n) is 2.51. The number of carbonyl (C=O) groups is 2. The Kier molecular flexibility index (Phi) is 6.00. The van der Waals surface area contributed by atoms with Crippen molar-refractivity contribution in [3.8, 4) is 0 Å². The molecule has 0 atom stereocenters. The number of nitrogens with one attached hydrogen (secondary N) is 1. The van der Waals surface area contributed by atoms with Crippen molar-refractivity contribution >= 4 is 39.9 Å². The second-order valence-electron chi connectivity index (χ2n) is 5.91. The third-order valence-corrected chi connectivity index (χ3v) is 5.03. The predicted octanol–water partition coefficient (Wildman–Crippen LogP) is 4.04. The number of hydrogen-bond acceptors (Lipinski definition) is 7. The largest absolute Gasteiger partial charge is 0.462 e. The highest BCUT2D eigenvalue weighted by Gasteiger charge is 2.18. The normalized spacial score (nSPS) is 10.4. The van der Waals surface area contributed by atoms with Gasteiger partial charge >= 0.3 is 5.97 Å². The van der Waals surface area contributed by atoms with Crippen molar-refractivity contribution in [3.63, 3.8) is 0 Å². The van der Waals surface area contributed by atoms with Crippen LogP contribution < -0.4 is 10.2 Å². The first kappa shape index (κ1) is 19.5. The number of ether oxygens (including phenoxy) is 1. The minimum absolute atomic E-state index is 0.285. The molecule has 3 aromatic rings. The molecule has 1 aromatic carbocycles. The van der Waals surface area contributed by atoms with Gasteiger partial charge in [0, 0.05) is 18.9 Å². The van der Waals surface area contributed by atoms with Gasteiger partial charge in [0.15, 0.2) is 5.13 Å². The molecule has 0 unspecified atom stereocenters. The van der Waals surface area contributed by atoms with Gasteiger partial charge in [0.2, 0.25) is 0 Å². The standard InChI is InChI=1S/C20H20N4O3S/c1-4-27-19(26)17-13(2)22-20(28-17)23-18(25)14-10-11-16(21-12-14)24(3)15-8-6-5-7-9-15/h5-12H,4H2,1-3H3,(H,22,23,25). The highest BCUT2D eigenvalue weighted by Crippen LogP contribution is 2.25. The quantitative estimate of drug-likeness (QED) is 0.633. The Balaban J connectivity index is 1.70. The molecule has 1 N–H and O–H groups in total. The molecule has 0 saturated heterocycles. The van der Waals surface area contributed by atoms with Gasteiger partial charge in [-0.15, -0.1) is 0 Å². The number of benzene rings is 1. The van der Waals surface area contributed by atoms with Crippen molar-refractivity contribution in [2.75, 3.05) is 23.9 Å². The number of amides is 1. The van der Waals surface area contributed by atoms with E-state index in [1.165, 1.54) is 6.20 Å². The SMILES string of the molecule is CCOC(=O)c1sc(NC(=O)c2ccc(N(C)c3ccccc3)nc2)nc1C. The van der Waals surface area contributed by atoms with Crippen LogP contribution in [0.15, 0.2) is 48.7 Å². The van der Waals surface area contributed by atoms with Gasteiger partial charge in [-0.2, -0.15) is 0 Å². The second kappa shape index (κ2) is 8.62. The molecule has 2 aromatic heterocycles. The summed E-state index contributed by atoms with van der Waals surface area (Å²) in [7, 11) is 1.91. The topological polar surface area (TPSA) is 84.4 Å². The number of anilines is 3. The maximum absolute atomic E-state index is 12.5. The molecule has 1 amide bonds. The molecule has 144 valence electrons. The van der Waals surface area contributed by atoms with Gasteiger partial charge in [-0.25, -0.2) is 14.8 Å². The molecule has 0 spiro atoms. The summed E-state index contributed by atoms with van der Waals surface area (Å²) in [6, 6.07) is 13.3. The van der Waals surface area contributed by atoms with E-state index in [9.17, 15) is 9.59 Å². The second-order valence-corrected chi connectivity index (χ2v) is 6.91. The zero-order chi connectivity index (χ0) is 20.1. The fraction of sp³-hybridized carbons (Fsp3) is 0.200. The highest BCUT2D eigenvalue weighted by molar-refractivity contribution is 7.17. The van der Waals surface area contributed by atoms with Crippen molar-refractivity contribution in [2.45, 2.75) is 13.8 Å². The summed E-state index contributed by atoms with van der Waals surface area (Å²) < 4.78 is 4.99. The number of pyridine rings is 1. The zero-order valence-corrected chi connectivity index (χ0v) is 16.6. The van der Waals surface area contributed by atoms with Crippen LogP contribution in [0.4, 0.5) is 16.6 Å². The minimum Gasteiger partial charge on any atom is -0.462 e. The molecule has 0 radical (unpaired) electrons. The number of thiazole rings is 1. The van der Waals surface area contributed by atoms with E-state index < -0.39 is 5.97 Å². The van der Waals surface area contributed by atoms with Gasteiger partial charge in [-0.1, -0.05) is 29.5 Å². The van der Waals surface area contributed by atoms with E-state index in [1.807, 2.05) is 42.3 Å². The van der Waals surface area contributed by atoms with Gasteiger partial charge in [0.05, 0.1) is 17.9 Å². The van der Waals surface area contributed by atoms with Crippen LogP contribution in [0, 0.1) is 6.92 Å². The van der Waals surface area contributed by atoms with E-state index in [2.05, 4.69) is 15.3 Å². The number of aromatic nitrogens is 2. The summed E-state index contributed by atoms with van der Waals surface area (Å²) in [4.78, 5) is 35.2. The van der Waals surface area contributed by atoms with E-state index in [0.717, 1.165) is 22.8 Å². The lowest BCUT2D eigenvalue weighted by Gasteiger charge is -2.18. The van der Waals surface area contributed by atoms with Gasteiger partial charge in [-0.3, -0.25) is 10.1 Å². The monoisotopic (exact) mass is 396 g/mol. The van der Waals surface area contributed by atoms with Gasteiger partial charge in [0.1, 0.15) is 10.7 Å². The Labute approximate surface area is 167 Å². The minimum atomic E-state index is -0.437. The number of carbonyl (C=O) groups excluding carboxylic acids is 2. The van der Waals surface area contributed by atoms with Crippen LogP contribution in [0.1, 0.15) is 32.6 Å². The summed E-state index contributed by atoms with van der Waals surface area (Å²) in [5.74, 6) is -0.0593. The van der Waals surface area contributed by atoms with Gasteiger partial charge < -0.3 is 9.64 Å². The van der Waals surface area contributed by atoms with Crippen LogP contribution in [-0.2, 0) is 4.74 Å². The zero-order valence-electron chi connectivity index (χ0n) is 15.8. The first-order valence-corrected chi connectivity index (χ1v) is 9.52. The average molecular weight is 396 g/mol. The van der Waals surface area contributed by atoms with E-state index in [0.29, 0.717) is 21.3 Å². The number of rotatable bonds is 6. The molecular weight excluding hydrogens is 376 g/mol. The van der Waals surface area contributed by atoms with E-state index in [4.69, 9.17) is 4.74 Å². The number of esters is 1. The lowest BCUT2D eigenvalue weighted by molar-refractivity contribution is 0.0531. The van der Waals surface area contributed by atoms with Gasteiger partial charge in [0.25, 0.3) is 5.91 Å². The average Bonchev–Trinajstić information content (AvgIpc) is 3.08. The molecule has 7 nitrogen and oxygen atoms in total. The van der Waals surface area contributed by atoms with Crippen molar-refractivity contribution in [3.05, 3.63) is 64.8 Å². The van der Waals surface area contributed by atoms with Crippen LogP contribution in [0.3, 0.4) is 0 Å². The molecular formula is C20H20N4O3S. The van der Waals surface area contributed by atoms with Crippen molar-refractivity contribution in [2.24, 2.45) is 0 Å². The first-order chi connectivity index (χ1) is 13.5. The van der Waals surface area contributed by atoms with Crippen LogP contribution >= 0.6 is 11.3 Å². The predicted molar refractivity (Wildman–Crippen MR) is 110 cm³/mol. The molecule has 0 bridgehead atoms. The summed E-state index contributed by atoms with van der Waals surface area (Å²) in [6.07, 6.45) is 1.51. The maximum Gasteiger partial charge on any atom is 0.350 e. The molecule has 0 aliphatic carbocycles. The maximum atomic E-state index is 12.5. The third-order valence-electron chi connectivity index (χ3n) is 3.98. The summed E-state index contributed by atoms with van der Waals surface area (Å²) in [5, 5.41) is 3.05. The third kappa shape index (κ3) is 4.34. The van der Waals surface area contributed by atoms with Crippen molar-refractivity contribution < 1.29 is 14.3 Å². The molecule has 3 rings (SSSR count). The number of aryl methyl sites for hydroxylation is 1. The molecule has 0 saturated carbocycles. The summed E-state index contributed by atoms with van der Waals surface area (Å²) >= 11 is 1.09. The van der Waals surface area contributed by atoms with E-state index in [-0.39, 0.29) is 12.5 Å². The Morgan fingerprint density at radius 2 is 1.93 bits per heavy atom. The smallest absolute Gasteiger partial charge is 0.350 e. The lowest BCUT2D eigenvalue weighted by atomic mass is 10.2. The molecule has 8 heteroatoms. The molecule has 28 heavy (non-hydrogen) atoms. The summed E-state index contributed by atoms with van der Waals surface area (Å²) in [5.41, 5.74) is 1.92. The first-order valence-electron chi connectivity index (χ1n) is 8.70. The molecule has 0 aliphatic rings. The number of nitrogens with zero attached hydrogens (tertiary/aromatic N) is 3. The fourth-order valence-corrected chi connectivity index (χ4v) is 3.36. The van der Waals surface area contributed by atoms with Crippen LogP contribution in [0.25, 0.3) is 0 Å². The highest BCUT2D eigenvalue weighted by atomic mass is 32.1. The Morgan fingerprint density at radius 1 is 1.18 bits per heavy atom. The molecule has 0 fully saturated rings. The Bertz CT molecular complexity index is 971. The van der Waals surface area contributed by atoms with Crippen LogP contribution in [-0.4, -0.2) is 35.5 Å². The van der Waals surface area contributed by atoms with Crippen molar-refractivity contribution in [1.82, 2.24) is 9.97 Å². The Hall–Kier alpha value is -3.26. The van der Waals surface area contributed by atoms with Crippen LogP contribution in [0.5, 0.6) is 0 Å². The van der Waals surface area contributed by atoms with Gasteiger partial charge in [-0.05, 0) is 38.1 Å². The number of para-hydroxylation sites is 1. The molecule has 0 aliphatic heterocycles. The summed E-state index contributed by atoms with van der Waals surface area (Å²) in [6.45, 7) is 3.73. The van der Waals surface area contributed by atoms with Crippen molar-refractivity contribution in [1.29, 1.82) is 0 Å². The van der Waals surface area contributed by atoms with E-state index >= 15 is 0 Å². The Morgan fingerprint density at radius 3 is 2.57 bits per heavy atom. The molecule has 2 heterocycles. The lowest BCUT2D eigenvalue weighted by Crippen LogP contribution is -2.14. The number of hydrogen-bond donors (Lipinski definition) is 1. The van der Waals surface area contributed by atoms with Crippen LogP contribution in [0.2, 0.25) is 0 Å².